The molecule has 1 aliphatic heterocycles. The fraction of sp³-hybridized carbons (Fsp3) is 0.654. The van der Waals surface area contributed by atoms with Crippen LogP contribution in [0.4, 0.5) is 0 Å². The molecule has 1 saturated carbocycles. The van der Waals surface area contributed by atoms with Crippen LogP contribution in [0.5, 0.6) is 0 Å². The Morgan fingerprint density at radius 2 is 1.59 bits per heavy atom. The number of Topliss-reactive ketones (excluding diaryl/α,β-unsaturated/α-hetero) is 2. The van der Waals surface area contributed by atoms with Gasteiger partial charge in [-0.25, -0.2) is 0 Å². The largest absolute Gasteiger partial charge is 0.458 e. The van der Waals surface area contributed by atoms with Crippen LogP contribution in [0.25, 0.3) is 0 Å². The first kappa shape index (κ1) is 27.4. The molecular weight excluding hydrogens is 499 g/mol. The monoisotopic (exact) mass is 530 g/mol. The number of cyclic esters (lactones) is 1. The van der Waals surface area contributed by atoms with Gasteiger partial charge in [0.25, 0.3) is 0 Å². The number of esters is 1. The summed E-state index contributed by atoms with van der Waals surface area (Å²) in [6.45, 7) is 8.63. The van der Waals surface area contributed by atoms with Crippen molar-refractivity contribution in [1.29, 1.82) is 0 Å². The minimum atomic E-state index is -2.43. The van der Waals surface area contributed by atoms with Crippen molar-refractivity contribution in [3.8, 4) is 0 Å². The lowest BCUT2D eigenvalue weighted by Crippen LogP contribution is -2.58. The maximum absolute atomic E-state index is 14.0. The lowest BCUT2D eigenvalue weighted by atomic mass is 9.55. The van der Waals surface area contributed by atoms with E-state index in [1.807, 2.05) is 38.2 Å². The zero-order chi connectivity index (χ0) is 25.6. The molecule has 0 radical (unpaired) electrons. The summed E-state index contributed by atoms with van der Waals surface area (Å²) < 4.78 is 2.89. The van der Waals surface area contributed by atoms with Crippen molar-refractivity contribution in [3.05, 3.63) is 36.5 Å². The van der Waals surface area contributed by atoms with Gasteiger partial charge in [-0.15, -0.1) is 11.6 Å². The molecule has 3 aliphatic rings. The first-order chi connectivity index (χ1) is 15.7. The average Bonchev–Trinajstić information content (AvgIpc) is 2.77. The Labute approximate surface area is 216 Å². The zero-order valence-corrected chi connectivity index (χ0v) is 22.3. The predicted molar refractivity (Wildman–Crippen MR) is 134 cm³/mol. The highest BCUT2D eigenvalue weighted by Crippen LogP contribution is 2.54. The molecule has 8 heteroatoms. The van der Waals surface area contributed by atoms with Crippen molar-refractivity contribution >= 4 is 52.3 Å². The second kappa shape index (κ2) is 10.1. The van der Waals surface area contributed by atoms with Crippen LogP contribution in [0.2, 0.25) is 0 Å². The standard InChI is InChI=1S/C26H33Cl3O5/c1-13-8-6-7-9-14(2)34-24(32)16(4)22(30)26(28,29)23(31)20-18(13)11-10-17-12-25(5,33)21(27)15(3)19(17)20/h6-11,13-21,33H,12H2,1-5H3/b8-6-,9-7+/t13-,14+,15+,16+,17-,18+,19-,20-,21-,25-/m1/s1. The summed E-state index contributed by atoms with van der Waals surface area (Å²) in [7, 11) is 0. The highest BCUT2D eigenvalue weighted by Gasteiger charge is 2.58. The third-order valence-corrected chi connectivity index (χ3v) is 9.31. The molecular formula is C26H33Cl3O5. The summed E-state index contributed by atoms with van der Waals surface area (Å²) >= 11 is 19.7. The summed E-state index contributed by atoms with van der Waals surface area (Å²) in [5.74, 6) is -5.42. The molecule has 188 valence electrons. The third-order valence-electron chi connectivity index (χ3n) is 7.70. The molecule has 2 aliphatic carbocycles. The minimum Gasteiger partial charge on any atom is -0.458 e. The van der Waals surface area contributed by atoms with Crippen molar-refractivity contribution in [1.82, 2.24) is 0 Å². The van der Waals surface area contributed by atoms with Crippen LogP contribution in [0.1, 0.15) is 41.0 Å². The minimum absolute atomic E-state index is 0.0864. The number of fused-ring (bicyclic) bond motifs is 3. The topological polar surface area (TPSA) is 80.7 Å². The Morgan fingerprint density at radius 3 is 2.24 bits per heavy atom. The number of alkyl halides is 3. The Balaban J connectivity index is 2.13. The van der Waals surface area contributed by atoms with Crippen molar-refractivity contribution in [2.45, 2.75) is 62.5 Å². The number of carbonyl (C=O) groups is 3. The number of aliphatic hydroxyl groups is 1. The van der Waals surface area contributed by atoms with Gasteiger partial charge in [0, 0.05) is 5.92 Å². The number of ether oxygens (including phenoxy) is 1. The van der Waals surface area contributed by atoms with Crippen LogP contribution < -0.4 is 0 Å². The SMILES string of the molecule is C[C@@H]1C(=O)O[C@@H](C)/C=C/C=C\[C@@H](C)[C@@H]2C=C[C@@H]3C[C@@](C)(O)[C@H](Cl)[C@@H](C)[C@H]3[C@@H]2C(=O)C(Cl)(Cl)C1=O. The van der Waals surface area contributed by atoms with Gasteiger partial charge in [0.05, 0.1) is 11.0 Å². The van der Waals surface area contributed by atoms with Crippen LogP contribution in [0.15, 0.2) is 36.5 Å². The second-order valence-electron chi connectivity index (χ2n) is 10.3. The smallest absolute Gasteiger partial charge is 0.316 e. The number of halogens is 3. The highest BCUT2D eigenvalue weighted by atomic mass is 35.5. The Hall–Kier alpha value is -1.14. The van der Waals surface area contributed by atoms with E-state index in [1.165, 1.54) is 6.92 Å². The summed E-state index contributed by atoms with van der Waals surface area (Å²) in [5, 5.41) is 10.3. The molecule has 5 nitrogen and oxygen atoms in total. The molecule has 1 fully saturated rings. The third kappa shape index (κ3) is 5.04. The number of hydrogen-bond donors (Lipinski definition) is 1. The predicted octanol–water partition coefficient (Wildman–Crippen LogP) is 5.06. The molecule has 0 bridgehead atoms. The maximum Gasteiger partial charge on any atom is 0.316 e. The second-order valence-corrected chi connectivity index (χ2v) is 12.1. The van der Waals surface area contributed by atoms with Crippen LogP contribution >= 0.6 is 34.8 Å². The van der Waals surface area contributed by atoms with Crippen molar-refractivity contribution in [2.75, 3.05) is 0 Å². The summed E-state index contributed by atoms with van der Waals surface area (Å²) in [5.41, 5.74) is -1.11. The number of ketones is 2. The van der Waals surface area contributed by atoms with Crippen LogP contribution in [-0.2, 0) is 19.1 Å². The van der Waals surface area contributed by atoms with Crippen molar-refractivity contribution in [3.63, 3.8) is 0 Å². The zero-order valence-electron chi connectivity index (χ0n) is 20.1. The van der Waals surface area contributed by atoms with Gasteiger partial charge in [-0.1, -0.05) is 67.4 Å². The lowest BCUT2D eigenvalue weighted by Gasteiger charge is -2.52. The molecule has 0 spiro atoms. The normalized spacial score (nSPS) is 47.1. The molecule has 0 amide bonds. The van der Waals surface area contributed by atoms with Crippen LogP contribution in [-0.4, -0.2) is 44.1 Å². The van der Waals surface area contributed by atoms with Crippen LogP contribution in [0, 0.1) is 41.4 Å². The fourth-order valence-electron chi connectivity index (χ4n) is 5.79. The Kier molecular flexibility index (Phi) is 8.14. The molecule has 0 aromatic carbocycles. The van der Waals surface area contributed by atoms with E-state index in [1.54, 1.807) is 26.0 Å². The van der Waals surface area contributed by atoms with E-state index in [9.17, 15) is 19.5 Å². The first-order valence-corrected chi connectivity index (χ1v) is 13.0. The molecule has 10 atom stereocenters. The van der Waals surface area contributed by atoms with Gasteiger partial charge >= 0.3 is 5.97 Å². The average molecular weight is 532 g/mol. The quantitative estimate of drug-likeness (QED) is 0.204. The van der Waals surface area contributed by atoms with E-state index in [0.717, 1.165) is 0 Å². The summed E-state index contributed by atoms with van der Waals surface area (Å²) in [4.78, 5) is 39.8. The van der Waals surface area contributed by atoms with E-state index in [4.69, 9.17) is 39.5 Å². The number of rotatable bonds is 0. The first-order valence-electron chi connectivity index (χ1n) is 11.8. The number of allylic oxidation sites excluding steroid dienone is 5. The molecule has 1 N–H and O–H groups in total. The van der Waals surface area contributed by atoms with Gasteiger partial charge < -0.3 is 9.84 Å². The summed E-state index contributed by atoms with van der Waals surface area (Å²) in [6, 6.07) is 0. The van der Waals surface area contributed by atoms with Gasteiger partial charge in [0.2, 0.25) is 4.33 Å². The highest BCUT2D eigenvalue weighted by molar-refractivity contribution is 6.68. The van der Waals surface area contributed by atoms with E-state index < -0.39 is 50.8 Å². The molecule has 0 saturated heterocycles. The van der Waals surface area contributed by atoms with Gasteiger partial charge in [0.1, 0.15) is 12.0 Å². The van der Waals surface area contributed by atoms with E-state index in [-0.39, 0.29) is 29.6 Å². The van der Waals surface area contributed by atoms with Gasteiger partial charge in [-0.3, -0.25) is 14.4 Å². The summed E-state index contributed by atoms with van der Waals surface area (Å²) in [6.07, 6.45) is 11.1. The molecule has 0 unspecified atom stereocenters. The van der Waals surface area contributed by atoms with Crippen molar-refractivity contribution < 1.29 is 24.2 Å². The Bertz CT molecular complexity index is 921. The molecule has 0 aromatic rings. The molecule has 0 aromatic heterocycles. The molecule has 34 heavy (non-hydrogen) atoms. The molecule has 3 rings (SSSR count). The number of hydrogen-bond acceptors (Lipinski definition) is 5. The lowest BCUT2D eigenvalue weighted by molar-refractivity contribution is -0.154. The van der Waals surface area contributed by atoms with Gasteiger partial charge in [-0.05, 0) is 62.9 Å². The van der Waals surface area contributed by atoms with E-state index in [0.29, 0.717) is 6.42 Å². The van der Waals surface area contributed by atoms with Crippen molar-refractivity contribution in [2.24, 2.45) is 41.4 Å². The van der Waals surface area contributed by atoms with Crippen LogP contribution in [0.3, 0.4) is 0 Å². The fourth-order valence-corrected chi connectivity index (χ4v) is 6.63. The van der Waals surface area contributed by atoms with Gasteiger partial charge in [0.15, 0.2) is 11.6 Å². The van der Waals surface area contributed by atoms with Gasteiger partial charge in [-0.2, -0.15) is 0 Å². The number of carbonyl (C=O) groups excluding carboxylic acids is 3. The van der Waals surface area contributed by atoms with E-state index in [2.05, 4.69) is 0 Å². The van der Waals surface area contributed by atoms with E-state index >= 15 is 0 Å². The molecule has 1 heterocycles. The maximum atomic E-state index is 14.0. The Morgan fingerprint density at radius 1 is 0.971 bits per heavy atom.